The van der Waals surface area contributed by atoms with Crippen molar-refractivity contribution in [2.24, 2.45) is 4.99 Å². The maximum atomic E-state index is 13.4. The smallest absolute Gasteiger partial charge is 0.163 e. The van der Waals surface area contributed by atoms with E-state index in [1.54, 1.807) is 26.4 Å². The highest BCUT2D eigenvalue weighted by atomic mass is 19.1. The minimum atomic E-state index is -0.267. The number of halogens is 1. The molecule has 1 unspecified atom stereocenters. The Morgan fingerprint density at radius 2 is 1.75 bits per heavy atom. The van der Waals surface area contributed by atoms with Gasteiger partial charge in [0.25, 0.3) is 0 Å². The monoisotopic (exact) mass is 380 g/mol. The van der Waals surface area contributed by atoms with E-state index < -0.39 is 0 Å². The SMILES string of the molecule is COc1ccc(C2CC(c3ccc(F)cc3)=Nc3c(C)noc3C2)cc1OC. The highest BCUT2D eigenvalue weighted by Gasteiger charge is 2.26. The number of methoxy groups -OCH3 is 2. The van der Waals surface area contributed by atoms with Gasteiger partial charge in [-0.25, -0.2) is 9.38 Å². The average molecular weight is 380 g/mol. The lowest BCUT2D eigenvalue weighted by Crippen LogP contribution is -2.09. The van der Waals surface area contributed by atoms with Crippen LogP contribution >= 0.6 is 0 Å². The van der Waals surface area contributed by atoms with Crippen molar-refractivity contribution in [2.75, 3.05) is 14.2 Å². The van der Waals surface area contributed by atoms with E-state index in [0.29, 0.717) is 24.3 Å². The first kappa shape index (κ1) is 18.2. The summed E-state index contributed by atoms with van der Waals surface area (Å²) in [5.41, 5.74) is 4.38. The molecule has 1 aromatic heterocycles. The summed E-state index contributed by atoms with van der Waals surface area (Å²) in [6, 6.07) is 12.3. The molecule has 1 atom stereocenters. The second-order valence-corrected chi connectivity index (χ2v) is 6.82. The molecule has 0 saturated carbocycles. The zero-order valence-corrected chi connectivity index (χ0v) is 16.0. The first-order valence-electron chi connectivity index (χ1n) is 9.09. The Labute approximate surface area is 162 Å². The largest absolute Gasteiger partial charge is 0.493 e. The fourth-order valence-corrected chi connectivity index (χ4v) is 3.57. The Morgan fingerprint density at radius 1 is 1.00 bits per heavy atom. The molecule has 3 aromatic rings. The van der Waals surface area contributed by atoms with Crippen LogP contribution in [0.2, 0.25) is 0 Å². The van der Waals surface area contributed by atoms with Crippen LogP contribution < -0.4 is 9.47 Å². The predicted octanol–water partition coefficient (Wildman–Crippen LogP) is 4.99. The van der Waals surface area contributed by atoms with Gasteiger partial charge in [-0.15, -0.1) is 0 Å². The standard InChI is InChI=1S/C22H21FN2O3/c1-13-22-21(28-25-13)12-16(15-6-9-19(26-2)20(11-15)27-3)10-18(24-22)14-4-7-17(23)8-5-14/h4-9,11,16H,10,12H2,1-3H3. The number of hydrogen-bond acceptors (Lipinski definition) is 5. The van der Waals surface area contributed by atoms with Crippen LogP contribution in [-0.2, 0) is 6.42 Å². The molecule has 0 fully saturated rings. The molecule has 1 aliphatic rings. The fourth-order valence-electron chi connectivity index (χ4n) is 3.57. The number of hydrogen-bond donors (Lipinski definition) is 0. The van der Waals surface area contributed by atoms with Gasteiger partial charge < -0.3 is 14.0 Å². The number of nitrogens with zero attached hydrogens (tertiary/aromatic N) is 2. The van der Waals surface area contributed by atoms with Crippen LogP contribution in [0.15, 0.2) is 52.0 Å². The molecule has 0 aliphatic carbocycles. The van der Waals surface area contributed by atoms with Crippen LogP contribution in [0.5, 0.6) is 11.5 Å². The van der Waals surface area contributed by atoms with Gasteiger partial charge in [-0.2, -0.15) is 0 Å². The zero-order chi connectivity index (χ0) is 19.7. The van der Waals surface area contributed by atoms with Crippen molar-refractivity contribution in [3.63, 3.8) is 0 Å². The molecular formula is C22H21FN2O3. The van der Waals surface area contributed by atoms with E-state index in [1.165, 1.54) is 12.1 Å². The number of fused-ring (bicyclic) bond motifs is 1. The molecule has 1 aliphatic heterocycles. The topological polar surface area (TPSA) is 56.9 Å². The van der Waals surface area contributed by atoms with Crippen molar-refractivity contribution in [1.29, 1.82) is 0 Å². The molecule has 6 heteroatoms. The van der Waals surface area contributed by atoms with Crippen LogP contribution in [0, 0.1) is 12.7 Å². The summed E-state index contributed by atoms with van der Waals surface area (Å²) >= 11 is 0. The maximum Gasteiger partial charge on any atom is 0.163 e. The molecule has 4 rings (SSSR count). The van der Waals surface area contributed by atoms with Gasteiger partial charge in [-0.3, -0.25) is 0 Å². The van der Waals surface area contributed by atoms with Gasteiger partial charge in [0.15, 0.2) is 17.3 Å². The van der Waals surface area contributed by atoms with E-state index in [1.807, 2.05) is 25.1 Å². The van der Waals surface area contributed by atoms with E-state index in [9.17, 15) is 4.39 Å². The molecule has 28 heavy (non-hydrogen) atoms. The third-order valence-electron chi connectivity index (χ3n) is 5.07. The Kier molecular flexibility index (Phi) is 4.86. The van der Waals surface area contributed by atoms with Crippen molar-refractivity contribution in [2.45, 2.75) is 25.7 Å². The van der Waals surface area contributed by atoms with Crippen LogP contribution in [-0.4, -0.2) is 25.1 Å². The molecule has 0 amide bonds. The first-order valence-corrected chi connectivity index (χ1v) is 9.09. The number of aryl methyl sites for hydroxylation is 1. The molecule has 0 saturated heterocycles. The fraction of sp³-hybridized carbons (Fsp3) is 0.273. The van der Waals surface area contributed by atoms with E-state index in [2.05, 4.69) is 5.16 Å². The Hall–Kier alpha value is -3.15. The number of rotatable bonds is 4. The Bertz CT molecular complexity index is 1020. The van der Waals surface area contributed by atoms with Gasteiger partial charge >= 0.3 is 0 Å². The van der Waals surface area contributed by atoms with Gasteiger partial charge in [0.2, 0.25) is 0 Å². The second kappa shape index (κ2) is 7.46. The van der Waals surface area contributed by atoms with Crippen LogP contribution in [0.1, 0.15) is 34.9 Å². The van der Waals surface area contributed by atoms with Gasteiger partial charge in [0.1, 0.15) is 17.2 Å². The molecular weight excluding hydrogens is 359 g/mol. The molecule has 144 valence electrons. The first-order chi connectivity index (χ1) is 13.6. The van der Waals surface area contributed by atoms with E-state index in [4.69, 9.17) is 19.0 Å². The van der Waals surface area contributed by atoms with E-state index in [-0.39, 0.29) is 11.7 Å². The van der Waals surface area contributed by atoms with Crippen molar-refractivity contribution < 1.29 is 18.4 Å². The summed E-state index contributed by atoms with van der Waals surface area (Å²) in [4.78, 5) is 4.83. The van der Waals surface area contributed by atoms with Gasteiger partial charge in [-0.05, 0) is 54.7 Å². The summed E-state index contributed by atoms with van der Waals surface area (Å²) in [6.45, 7) is 1.88. The minimum absolute atomic E-state index is 0.109. The molecule has 0 bridgehead atoms. The second-order valence-electron chi connectivity index (χ2n) is 6.82. The molecule has 2 heterocycles. The van der Waals surface area contributed by atoms with Crippen molar-refractivity contribution in [1.82, 2.24) is 5.16 Å². The number of aromatic nitrogens is 1. The van der Waals surface area contributed by atoms with Crippen LogP contribution in [0.3, 0.4) is 0 Å². The average Bonchev–Trinajstić information content (AvgIpc) is 2.94. The van der Waals surface area contributed by atoms with Crippen LogP contribution in [0.25, 0.3) is 0 Å². The molecule has 0 spiro atoms. The normalized spacial score (nSPS) is 16.1. The van der Waals surface area contributed by atoms with Crippen molar-refractivity contribution in [3.8, 4) is 11.5 Å². The molecule has 2 aromatic carbocycles. The third kappa shape index (κ3) is 3.38. The summed E-state index contributed by atoms with van der Waals surface area (Å²) in [6.07, 6.45) is 1.35. The third-order valence-corrected chi connectivity index (χ3v) is 5.07. The summed E-state index contributed by atoms with van der Waals surface area (Å²) in [5, 5.41) is 4.08. The van der Waals surface area contributed by atoms with E-state index in [0.717, 1.165) is 34.0 Å². The zero-order valence-electron chi connectivity index (χ0n) is 16.0. The maximum absolute atomic E-state index is 13.4. The highest BCUT2D eigenvalue weighted by molar-refractivity contribution is 6.03. The Balaban J connectivity index is 1.78. The summed E-state index contributed by atoms with van der Waals surface area (Å²) in [7, 11) is 3.24. The lowest BCUT2D eigenvalue weighted by Gasteiger charge is -2.18. The Morgan fingerprint density at radius 3 is 2.46 bits per heavy atom. The molecule has 5 nitrogen and oxygen atoms in total. The van der Waals surface area contributed by atoms with Gasteiger partial charge in [-0.1, -0.05) is 23.4 Å². The lowest BCUT2D eigenvalue weighted by atomic mass is 9.88. The molecule has 0 N–H and O–H groups in total. The van der Waals surface area contributed by atoms with Crippen LogP contribution in [0.4, 0.5) is 10.1 Å². The quantitative estimate of drug-likeness (QED) is 0.640. The number of aliphatic imine (C=N–C) groups is 1. The van der Waals surface area contributed by atoms with Gasteiger partial charge in [0, 0.05) is 12.1 Å². The number of ether oxygens (including phenoxy) is 2. The highest BCUT2D eigenvalue weighted by Crippen LogP contribution is 2.39. The minimum Gasteiger partial charge on any atom is -0.493 e. The number of benzene rings is 2. The van der Waals surface area contributed by atoms with E-state index >= 15 is 0 Å². The summed E-state index contributed by atoms with van der Waals surface area (Å²) in [5.74, 6) is 1.96. The molecule has 0 radical (unpaired) electrons. The predicted molar refractivity (Wildman–Crippen MR) is 104 cm³/mol. The summed E-state index contributed by atoms with van der Waals surface area (Å²) < 4.78 is 29.8. The van der Waals surface area contributed by atoms with Crippen molar-refractivity contribution in [3.05, 3.63) is 70.9 Å². The lowest BCUT2D eigenvalue weighted by molar-refractivity contribution is 0.353. The van der Waals surface area contributed by atoms with Crippen molar-refractivity contribution >= 4 is 11.4 Å². The van der Waals surface area contributed by atoms with Gasteiger partial charge in [0.05, 0.1) is 14.2 Å².